The molecule has 0 bridgehead atoms. The Balaban J connectivity index is 1.42. The average molecular weight is 460 g/mol. The molecule has 0 spiro atoms. The van der Waals surface area contributed by atoms with E-state index in [0.717, 1.165) is 0 Å². The fourth-order valence-electron chi connectivity index (χ4n) is 4.12. The number of amides is 2. The largest absolute Gasteiger partial charge is 0.459 e. The maximum Gasteiger partial charge on any atom is 0.289 e. The maximum absolute atomic E-state index is 13.4. The van der Waals surface area contributed by atoms with E-state index < -0.39 is 11.5 Å². The summed E-state index contributed by atoms with van der Waals surface area (Å²) in [4.78, 5) is 46.8. The number of piperazine rings is 1. The molecular formula is C25H21FN4O4. The van der Waals surface area contributed by atoms with Gasteiger partial charge in [0.25, 0.3) is 17.4 Å². The second-order valence-electron chi connectivity index (χ2n) is 8.05. The topological polar surface area (TPSA) is 88.7 Å². The zero-order valence-electron chi connectivity index (χ0n) is 18.2. The number of hydrogen-bond donors (Lipinski definition) is 0. The van der Waals surface area contributed by atoms with Gasteiger partial charge in [-0.1, -0.05) is 12.1 Å². The minimum atomic E-state index is -0.463. The monoisotopic (exact) mass is 460 g/mol. The van der Waals surface area contributed by atoms with Crippen LogP contribution in [-0.4, -0.2) is 57.3 Å². The summed E-state index contributed by atoms with van der Waals surface area (Å²) >= 11 is 0. The van der Waals surface area contributed by atoms with Gasteiger partial charge in [-0.2, -0.15) is 0 Å². The molecule has 0 unspecified atom stereocenters. The Morgan fingerprint density at radius 3 is 2.32 bits per heavy atom. The number of carbonyl (C=O) groups excluding carboxylic acids is 2. The van der Waals surface area contributed by atoms with Crippen molar-refractivity contribution in [3.8, 4) is 0 Å². The number of pyridine rings is 2. The number of nitrogens with zero attached hydrogens (tertiary/aromatic N) is 4. The summed E-state index contributed by atoms with van der Waals surface area (Å²) in [6.45, 7) is 1.43. The summed E-state index contributed by atoms with van der Waals surface area (Å²) < 4.78 is 19.9. The summed E-state index contributed by atoms with van der Waals surface area (Å²) in [7, 11) is 0. The summed E-state index contributed by atoms with van der Waals surface area (Å²) in [5.41, 5.74) is 0.732. The van der Waals surface area contributed by atoms with Crippen molar-refractivity contribution in [1.82, 2.24) is 19.4 Å². The van der Waals surface area contributed by atoms with Crippen LogP contribution in [0.25, 0.3) is 11.0 Å². The molecule has 2 amide bonds. The van der Waals surface area contributed by atoms with Crippen molar-refractivity contribution >= 4 is 22.8 Å². The first-order valence-electron chi connectivity index (χ1n) is 10.9. The lowest BCUT2D eigenvalue weighted by Gasteiger charge is -2.34. The van der Waals surface area contributed by atoms with Gasteiger partial charge in [-0.3, -0.25) is 19.0 Å². The standard InChI is InChI=1S/C25H21FN4O4/c26-19-7-5-17(6-8-19)16-30-22-18(3-1-9-27-22)15-20(24(30)32)23(31)28-10-12-29(13-11-28)25(33)21-4-2-14-34-21/h1-9,14-15H,10-13,16H2. The zero-order valence-corrected chi connectivity index (χ0v) is 18.2. The van der Waals surface area contributed by atoms with E-state index in [0.29, 0.717) is 42.8 Å². The number of aromatic nitrogens is 2. The molecule has 4 aromatic rings. The molecule has 5 rings (SSSR count). The molecule has 8 nitrogen and oxygen atoms in total. The summed E-state index contributed by atoms with van der Waals surface area (Å²) in [5, 5.41) is 0.652. The molecule has 0 saturated carbocycles. The van der Waals surface area contributed by atoms with E-state index >= 15 is 0 Å². The normalized spacial score (nSPS) is 13.9. The van der Waals surface area contributed by atoms with Crippen molar-refractivity contribution in [1.29, 1.82) is 0 Å². The fourth-order valence-corrected chi connectivity index (χ4v) is 4.12. The second kappa shape index (κ2) is 8.93. The Bertz CT molecular complexity index is 1410. The van der Waals surface area contributed by atoms with E-state index in [9.17, 15) is 18.8 Å². The van der Waals surface area contributed by atoms with Crippen LogP contribution >= 0.6 is 0 Å². The number of furan rings is 1. The Labute approximate surface area is 193 Å². The Hall–Kier alpha value is -4.27. The maximum atomic E-state index is 13.4. The Kier molecular flexibility index (Phi) is 5.67. The van der Waals surface area contributed by atoms with Crippen molar-refractivity contribution < 1.29 is 18.4 Å². The first-order chi connectivity index (χ1) is 16.5. The number of halogens is 1. The molecule has 0 radical (unpaired) electrons. The predicted molar refractivity (Wildman–Crippen MR) is 122 cm³/mol. The van der Waals surface area contributed by atoms with Gasteiger partial charge in [-0.05, 0) is 48.0 Å². The van der Waals surface area contributed by atoms with Crippen molar-refractivity contribution in [2.75, 3.05) is 26.2 Å². The van der Waals surface area contributed by atoms with E-state index in [1.165, 1.54) is 23.0 Å². The third-order valence-electron chi connectivity index (χ3n) is 5.92. The van der Waals surface area contributed by atoms with E-state index in [-0.39, 0.29) is 29.6 Å². The molecule has 0 N–H and O–H groups in total. The molecule has 1 aliphatic heterocycles. The van der Waals surface area contributed by atoms with Crippen LogP contribution in [0.3, 0.4) is 0 Å². The van der Waals surface area contributed by atoms with Crippen LogP contribution in [-0.2, 0) is 6.54 Å². The SMILES string of the molecule is O=C(c1ccco1)N1CCN(C(=O)c2cc3cccnc3n(Cc3ccc(F)cc3)c2=O)CC1. The van der Waals surface area contributed by atoms with E-state index in [1.807, 2.05) is 0 Å². The highest BCUT2D eigenvalue weighted by molar-refractivity contribution is 5.97. The lowest BCUT2D eigenvalue weighted by molar-refractivity contribution is 0.0517. The Morgan fingerprint density at radius 1 is 0.941 bits per heavy atom. The molecule has 1 aliphatic rings. The molecule has 34 heavy (non-hydrogen) atoms. The lowest BCUT2D eigenvalue weighted by atomic mass is 10.1. The van der Waals surface area contributed by atoms with Gasteiger partial charge < -0.3 is 14.2 Å². The highest BCUT2D eigenvalue weighted by Crippen LogP contribution is 2.16. The summed E-state index contributed by atoms with van der Waals surface area (Å²) in [6, 6.07) is 14.2. The minimum absolute atomic E-state index is 0.0356. The molecule has 4 heterocycles. The summed E-state index contributed by atoms with van der Waals surface area (Å²) in [5.74, 6) is -0.734. The van der Waals surface area contributed by atoms with E-state index in [1.54, 1.807) is 58.5 Å². The van der Waals surface area contributed by atoms with Gasteiger partial charge in [0.1, 0.15) is 17.0 Å². The van der Waals surface area contributed by atoms with Gasteiger partial charge >= 0.3 is 0 Å². The van der Waals surface area contributed by atoms with Crippen molar-refractivity contribution in [2.24, 2.45) is 0 Å². The molecule has 1 saturated heterocycles. The first kappa shape index (κ1) is 21.6. The third-order valence-corrected chi connectivity index (χ3v) is 5.92. The molecule has 9 heteroatoms. The van der Waals surface area contributed by atoms with Gasteiger partial charge in [0, 0.05) is 37.8 Å². The number of fused-ring (bicyclic) bond motifs is 1. The molecule has 0 atom stereocenters. The predicted octanol–water partition coefficient (Wildman–Crippen LogP) is 2.78. The van der Waals surface area contributed by atoms with Crippen LogP contribution in [0.4, 0.5) is 4.39 Å². The summed E-state index contributed by atoms with van der Waals surface area (Å²) in [6.07, 6.45) is 3.03. The number of benzene rings is 1. The van der Waals surface area contributed by atoms with Crippen LogP contribution in [0.15, 0.2) is 76.3 Å². The number of carbonyl (C=O) groups is 2. The van der Waals surface area contributed by atoms with Crippen LogP contribution < -0.4 is 5.56 Å². The zero-order chi connectivity index (χ0) is 23.7. The van der Waals surface area contributed by atoms with E-state index in [4.69, 9.17) is 4.42 Å². The third kappa shape index (κ3) is 4.07. The molecular weight excluding hydrogens is 439 g/mol. The molecule has 3 aromatic heterocycles. The van der Waals surface area contributed by atoms with Gasteiger partial charge in [0.05, 0.1) is 12.8 Å². The van der Waals surface area contributed by atoms with E-state index in [2.05, 4.69) is 4.98 Å². The molecule has 1 fully saturated rings. The van der Waals surface area contributed by atoms with Gasteiger partial charge in [0.15, 0.2) is 5.76 Å². The van der Waals surface area contributed by atoms with Gasteiger partial charge in [-0.25, -0.2) is 9.37 Å². The number of rotatable bonds is 4. The van der Waals surface area contributed by atoms with Crippen LogP contribution in [0.2, 0.25) is 0 Å². The quantitative estimate of drug-likeness (QED) is 0.467. The Morgan fingerprint density at radius 2 is 1.65 bits per heavy atom. The second-order valence-corrected chi connectivity index (χ2v) is 8.05. The van der Waals surface area contributed by atoms with Crippen molar-refractivity contribution in [3.63, 3.8) is 0 Å². The molecule has 1 aromatic carbocycles. The molecule has 172 valence electrons. The van der Waals surface area contributed by atoms with Crippen LogP contribution in [0.5, 0.6) is 0 Å². The highest BCUT2D eigenvalue weighted by atomic mass is 19.1. The minimum Gasteiger partial charge on any atom is -0.459 e. The lowest BCUT2D eigenvalue weighted by Crippen LogP contribution is -2.51. The number of hydrogen-bond acceptors (Lipinski definition) is 5. The molecule has 0 aliphatic carbocycles. The smallest absolute Gasteiger partial charge is 0.289 e. The van der Waals surface area contributed by atoms with Crippen molar-refractivity contribution in [3.05, 3.63) is 100 Å². The average Bonchev–Trinajstić information content (AvgIpc) is 3.41. The highest BCUT2D eigenvalue weighted by Gasteiger charge is 2.28. The van der Waals surface area contributed by atoms with Crippen LogP contribution in [0.1, 0.15) is 26.5 Å². The fraction of sp³-hybridized carbons (Fsp3) is 0.200. The first-order valence-corrected chi connectivity index (χ1v) is 10.9. The van der Waals surface area contributed by atoms with Gasteiger partial charge in [0.2, 0.25) is 0 Å². The van der Waals surface area contributed by atoms with Crippen LogP contribution in [0, 0.1) is 5.82 Å². The van der Waals surface area contributed by atoms with Crippen molar-refractivity contribution in [2.45, 2.75) is 6.54 Å². The van der Waals surface area contributed by atoms with Gasteiger partial charge in [-0.15, -0.1) is 0 Å².